The van der Waals surface area contributed by atoms with E-state index >= 15 is 0 Å². The van der Waals surface area contributed by atoms with E-state index in [-0.39, 0.29) is 5.41 Å². The van der Waals surface area contributed by atoms with Gasteiger partial charge in [-0.1, -0.05) is 51.6 Å². The molecule has 2 aromatic rings. The molecule has 1 heterocycles. The summed E-state index contributed by atoms with van der Waals surface area (Å²) in [7, 11) is 3.98. The number of rotatable bonds is 4. The van der Waals surface area contributed by atoms with Crippen LogP contribution >= 0.6 is 0 Å². The Morgan fingerprint density at radius 2 is 1.68 bits per heavy atom. The number of hydrogen-bond donors (Lipinski definition) is 0. The van der Waals surface area contributed by atoms with Crippen molar-refractivity contribution in [1.29, 1.82) is 0 Å². The minimum Gasteiger partial charge on any atom is -0.376 e. The smallest absolute Gasteiger partial charge is 0.0859 e. The van der Waals surface area contributed by atoms with Gasteiger partial charge in [-0.15, -0.1) is 0 Å². The summed E-state index contributed by atoms with van der Waals surface area (Å²) in [5.41, 5.74) is 6.02. The molecule has 0 aliphatic rings. The quantitative estimate of drug-likeness (QED) is 0.825. The zero-order chi connectivity index (χ0) is 16.3. The molecule has 0 radical (unpaired) electrons. The van der Waals surface area contributed by atoms with Gasteiger partial charge in [-0.3, -0.25) is 4.98 Å². The third-order valence-corrected chi connectivity index (χ3v) is 3.89. The van der Waals surface area contributed by atoms with Gasteiger partial charge in [-0.05, 0) is 40.7 Å². The van der Waals surface area contributed by atoms with Gasteiger partial charge < -0.3 is 4.90 Å². The van der Waals surface area contributed by atoms with Crippen molar-refractivity contribution in [3.63, 3.8) is 0 Å². The van der Waals surface area contributed by atoms with Gasteiger partial charge >= 0.3 is 0 Å². The molecule has 0 aliphatic carbocycles. The molecule has 0 bridgehead atoms. The standard InChI is InChI=1S/C20H26N2/c1-15(22(5)6)19-14-17(11-12-21-19)13-16-7-9-18(10-8-16)20(2,3)4/h7-12,14H,1,13H2,2-6H3. The zero-order valence-corrected chi connectivity index (χ0v) is 14.4. The van der Waals surface area contributed by atoms with Gasteiger partial charge in [0.25, 0.3) is 0 Å². The van der Waals surface area contributed by atoms with Crippen LogP contribution in [0.3, 0.4) is 0 Å². The molecule has 1 aromatic heterocycles. The Morgan fingerprint density at radius 3 is 2.23 bits per heavy atom. The Hall–Kier alpha value is -2.09. The number of aromatic nitrogens is 1. The summed E-state index contributed by atoms with van der Waals surface area (Å²) in [5, 5.41) is 0. The zero-order valence-electron chi connectivity index (χ0n) is 14.4. The van der Waals surface area contributed by atoms with E-state index in [4.69, 9.17) is 0 Å². The van der Waals surface area contributed by atoms with E-state index in [2.05, 4.69) is 68.7 Å². The molecule has 2 heteroatoms. The van der Waals surface area contributed by atoms with Crippen LogP contribution in [0.15, 0.2) is 49.2 Å². The van der Waals surface area contributed by atoms with Crippen LogP contribution in [0.2, 0.25) is 0 Å². The molecule has 22 heavy (non-hydrogen) atoms. The average Bonchev–Trinajstić information content (AvgIpc) is 2.46. The first-order valence-electron chi connectivity index (χ1n) is 7.68. The Labute approximate surface area is 134 Å². The molecule has 0 saturated carbocycles. The summed E-state index contributed by atoms with van der Waals surface area (Å²) >= 11 is 0. The van der Waals surface area contributed by atoms with Crippen molar-refractivity contribution in [3.8, 4) is 0 Å². The lowest BCUT2D eigenvalue weighted by molar-refractivity contribution is 0.590. The van der Waals surface area contributed by atoms with Crippen LogP contribution in [0.5, 0.6) is 0 Å². The maximum absolute atomic E-state index is 4.41. The van der Waals surface area contributed by atoms with Gasteiger partial charge in [0.05, 0.1) is 11.4 Å². The van der Waals surface area contributed by atoms with Gasteiger partial charge in [0.15, 0.2) is 0 Å². The summed E-state index contributed by atoms with van der Waals surface area (Å²) in [5.74, 6) is 0. The summed E-state index contributed by atoms with van der Waals surface area (Å²) in [6.45, 7) is 10.8. The van der Waals surface area contributed by atoms with E-state index in [1.807, 2.05) is 25.2 Å². The lowest BCUT2D eigenvalue weighted by Crippen LogP contribution is -2.11. The number of benzene rings is 1. The van der Waals surface area contributed by atoms with Crippen LogP contribution in [0.25, 0.3) is 5.70 Å². The highest BCUT2D eigenvalue weighted by molar-refractivity contribution is 5.58. The Kier molecular flexibility index (Phi) is 4.70. The number of hydrogen-bond acceptors (Lipinski definition) is 2. The van der Waals surface area contributed by atoms with Crippen molar-refractivity contribution in [2.45, 2.75) is 32.6 Å². The van der Waals surface area contributed by atoms with Crippen LogP contribution in [0.4, 0.5) is 0 Å². The molecule has 0 N–H and O–H groups in total. The van der Waals surface area contributed by atoms with E-state index in [9.17, 15) is 0 Å². The van der Waals surface area contributed by atoms with Gasteiger partial charge in [0.2, 0.25) is 0 Å². The first-order chi connectivity index (χ1) is 10.3. The SMILES string of the molecule is C=C(c1cc(Cc2ccc(C(C)(C)C)cc2)ccn1)N(C)C. The first kappa shape index (κ1) is 16.3. The van der Waals surface area contributed by atoms with Crippen LogP contribution in [-0.2, 0) is 11.8 Å². The number of pyridine rings is 1. The fourth-order valence-corrected chi connectivity index (χ4v) is 2.33. The molecular formula is C20H26N2. The van der Waals surface area contributed by atoms with Crippen molar-refractivity contribution >= 4 is 5.70 Å². The lowest BCUT2D eigenvalue weighted by Gasteiger charge is -2.19. The Balaban J connectivity index is 2.17. The molecule has 0 unspecified atom stereocenters. The summed E-state index contributed by atoms with van der Waals surface area (Å²) < 4.78 is 0. The molecule has 2 nitrogen and oxygen atoms in total. The first-order valence-corrected chi connectivity index (χ1v) is 7.68. The second-order valence-corrected chi connectivity index (χ2v) is 7.01. The maximum atomic E-state index is 4.41. The van der Waals surface area contributed by atoms with E-state index < -0.39 is 0 Å². The molecule has 0 atom stereocenters. The second kappa shape index (κ2) is 6.35. The van der Waals surface area contributed by atoms with E-state index in [1.165, 1.54) is 16.7 Å². The summed E-state index contributed by atoms with van der Waals surface area (Å²) in [6.07, 6.45) is 2.78. The summed E-state index contributed by atoms with van der Waals surface area (Å²) in [4.78, 5) is 6.40. The highest BCUT2D eigenvalue weighted by atomic mass is 15.1. The third kappa shape index (κ3) is 3.97. The predicted octanol–water partition coefficient (Wildman–Crippen LogP) is 4.50. The van der Waals surface area contributed by atoms with Gasteiger partial charge in [-0.2, -0.15) is 0 Å². The minimum absolute atomic E-state index is 0.200. The maximum Gasteiger partial charge on any atom is 0.0859 e. The van der Waals surface area contributed by atoms with Crippen molar-refractivity contribution < 1.29 is 0 Å². The fraction of sp³-hybridized carbons (Fsp3) is 0.350. The van der Waals surface area contributed by atoms with E-state index in [0.717, 1.165) is 17.8 Å². The molecule has 0 aliphatic heterocycles. The van der Waals surface area contributed by atoms with Gasteiger partial charge in [0, 0.05) is 20.3 Å². The highest BCUT2D eigenvalue weighted by Gasteiger charge is 2.13. The topological polar surface area (TPSA) is 16.1 Å². The molecular weight excluding hydrogens is 268 g/mol. The highest BCUT2D eigenvalue weighted by Crippen LogP contribution is 2.23. The van der Waals surface area contributed by atoms with Crippen LogP contribution < -0.4 is 0 Å². The molecule has 0 saturated heterocycles. The molecule has 1 aromatic carbocycles. The van der Waals surface area contributed by atoms with Crippen molar-refractivity contribution in [2.75, 3.05) is 14.1 Å². The van der Waals surface area contributed by atoms with Crippen LogP contribution in [0.1, 0.15) is 43.2 Å². The average molecular weight is 294 g/mol. The third-order valence-electron chi connectivity index (χ3n) is 3.89. The van der Waals surface area contributed by atoms with E-state index in [1.54, 1.807) is 0 Å². The van der Waals surface area contributed by atoms with Crippen LogP contribution in [0, 0.1) is 0 Å². The predicted molar refractivity (Wildman–Crippen MR) is 94.9 cm³/mol. The molecule has 0 fully saturated rings. The fourth-order valence-electron chi connectivity index (χ4n) is 2.33. The van der Waals surface area contributed by atoms with Crippen molar-refractivity contribution in [1.82, 2.24) is 9.88 Å². The normalized spacial score (nSPS) is 11.3. The van der Waals surface area contributed by atoms with E-state index in [0.29, 0.717) is 0 Å². The summed E-state index contributed by atoms with van der Waals surface area (Å²) in [6, 6.07) is 13.1. The van der Waals surface area contributed by atoms with Gasteiger partial charge in [0.1, 0.15) is 0 Å². The molecule has 116 valence electrons. The number of nitrogens with zero attached hydrogens (tertiary/aromatic N) is 2. The molecule has 0 amide bonds. The monoisotopic (exact) mass is 294 g/mol. The largest absolute Gasteiger partial charge is 0.376 e. The minimum atomic E-state index is 0.200. The second-order valence-electron chi connectivity index (χ2n) is 7.01. The van der Waals surface area contributed by atoms with Gasteiger partial charge in [-0.25, -0.2) is 0 Å². The van der Waals surface area contributed by atoms with Crippen molar-refractivity contribution in [3.05, 3.63) is 71.6 Å². The lowest BCUT2D eigenvalue weighted by atomic mass is 9.86. The molecule has 0 spiro atoms. The van der Waals surface area contributed by atoms with Crippen molar-refractivity contribution in [2.24, 2.45) is 0 Å². The Morgan fingerprint density at radius 1 is 1.05 bits per heavy atom. The Bertz CT molecular complexity index is 646. The van der Waals surface area contributed by atoms with Crippen LogP contribution in [-0.4, -0.2) is 24.0 Å². The molecule has 2 rings (SSSR count).